The van der Waals surface area contributed by atoms with Gasteiger partial charge in [0, 0.05) is 12.6 Å². The summed E-state index contributed by atoms with van der Waals surface area (Å²) >= 11 is 0. The van der Waals surface area contributed by atoms with Crippen molar-refractivity contribution in [1.82, 2.24) is 4.90 Å². The molecule has 17 heavy (non-hydrogen) atoms. The Kier molecular flexibility index (Phi) is 4.03. The Morgan fingerprint density at radius 2 is 2.00 bits per heavy atom. The van der Waals surface area contributed by atoms with E-state index >= 15 is 0 Å². The minimum absolute atomic E-state index is 0.105. The molecule has 1 rings (SSSR count). The van der Waals surface area contributed by atoms with E-state index in [1.165, 1.54) is 0 Å². The van der Waals surface area contributed by atoms with E-state index in [4.69, 9.17) is 10.8 Å². The number of rotatable bonds is 4. The molecule has 0 radical (unpaired) electrons. The van der Waals surface area contributed by atoms with Crippen molar-refractivity contribution >= 4 is 5.91 Å². The van der Waals surface area contributed by atoms with E-state index in [9.17, 15) is 18.0 Å². The second-order valence-corrected chi connectivity index (χ2v) is 4.51. The molecule has 7 heteroatoms. The molecule has 0 heterocycles. The first-order chi connectivity index (χ1) is 7.71. The van der Waals surface area contributed by atoms with Crippen LogP contribution in [0.1, 0.15) is 26.2 Å². The summed E-state index contributed by atoms with van der Waals surface area (Å²) < 4.78 is 37.9. The molecule has 4 nitrogen and oxygen atoms in total. The number of aliphatic hydroxyl groups is 1. The first-order valence-corrected chi connectivity index (χ1v) is 5.49. The van der Waals surface area contributed by atoms with Crippen LogP contribution in [0.5, 0.6) is 0 Å². The van der Waals surface area contributed by atoms with E-state index in [0.29, 0.717) is 19.8 Å². The maximum absolute atomic E-state index is 12.6. The van der Waals surface area contributed by atoms with Crippen molar-refractivity contribution in [1.29, 1.82) is 0 Å². The van der Waals surface area contributed by atoms with Crippen LogP contribution in [0.25, 0.3) is 0 Å². The zero-order valence-electron chi connectivity index (χ0n) is 9.63. The van der Waals surface area contributed by atoms with Gasteiger partial charge < -0.3 is 15.7 Å². The first kappa shape index (κ1) is 14.2. The van der Waals surface area contributed by atoms with Crippen LogP contribution in [-0.2, 0) is 4.79 Å². The summed E-state index contributed by atoms with van der Waals surface area (Å²) in [5.74, 6) is -1.16. The predicted molar refractivity (Wildman–Crippen MR) is 55.1 cm³/mol. The first-order valence-electron chi connectivity index (χ1n) is 5.49. The Morgan fingerprint density at radius 3 is 2.29 bits per heavy atom. The van der Waals surface area contributed by atoms with Crippen LogP contribution in [0.4, 0.5) is 13.2 Å². The number of carbonyl (C=O) groups excluding carboxylic acids is 1. The number of halogens is 3. The molecular weight excluding hydrogens is 237 g/mol. The molecule has 100 valence electrons. The lowest BCUT2D eigenvalue weighted by Gasteiger charge is -2.41. The molecular formula is C10H17F3N2O2. The van der Waals surface area contributed by atoms with Crippen molar-refractivity contribution in [2.45, 2.75) is 43.9 Å². The van der Waals surface area contributed by atoms with Gasteiger partial charge in [-0.15, -0.1) is 0 Å². The van der Waals surface area contributed by atoms with Crippen molar-refractivity contribution in [3.05, 3.63) is 0 Å². The fourth-order valence-electron chi connectivity index (χ4n) is 1.68. The summed E-state index contributed by atoms with van der Waals surface area (Å²) in [6.45, 7) is 0.195. The Hall–Kier alpha value is -0.820. The third kappa shape index (κ3) is 2.71. The summed E-state index contributed by atoms with van der Waals surface area (Å²) in [5, 5.41) is 8.81. The van der Waals surface area contributed by atoms with Crippen LogP contribution in [0.15, 0.2) is 0 Å². The zero-order chi connectivity index (χ0) is 13.3. The second-order valence-electron chi connectivity index (χ2n) is 4.51. The maximum atomic E-state index is 12.6. The van der Waals surface area contributed by atoms with E-state index < -0.39 is 17.6 Å². The van der Waals surface area contributed by atoms with Crippen molar-refractivity contribution < 1.29 is 23.1 Å². The Labute approximate surface area is 97.6 Å². The van der Waals surface area contributed by atoms with E-state index in [-0.39, 0.29) is 19.2 Å². The highest BCUT2D eigenvalue weighted by Crippen LogP contribution is 2.33. The van der Waals surface area contributed by atoms with Crippen LogP contribution in [-0.4, -0.2) is 46.8 Å². The van der Waals surface area contributed by atoms with Crippen LogP contribution >= 0.6 is 0 Å². The standard InChI is InChI=1S/C10H17F3N2O2/c1-9(14,10(11,12)13)8(17)15(5-6-16)7-3-2-4-7/h7,16H,2-6,14H2,1H3. The quantitative estimate of drug-likeness (QED) is 0.773. The van der Waals surface area contributed by atoms with Gasteiger partial charge in [0.15, 0.2) is 5.54 Å². The topological polar surface area (TPSA) is 66.6 Å². The van der Waals surface area contributed by atoms with Crippen molar-refractivity contribution in [2.24, 2.45) is 5.73 Å². The molecule has 1 unspecified atom stereocenters. The number of hydrogen-bond donors (Lipinski definition) is 2. The highest BCUT2D eigenvalue weighted by atomic mass is 19.4. The number of alkyl halides is 3. The van der Waals surface area contributed by atoms with Crippen LogP contribution in [0.2, 0.25) is 0 Å². The van der Waals surface area contributed by atoms with Gasteiger partial charge in [-0.2, -0.15) is 13.2 Å². The highest BCUT2D eigenvalue weighted by molar-refractivity contribution is 5.87. The van der Waals surface area contributed by atoms with E-state index in [1.54, 1.807) is 0 Å². The van der Waals surface area contributed by atoms with Gasteiger partial charge in [0.05, 0.1) is 6.61 Å². The Morgan fingerprint density at radius 1 is 1.47 bits per heavy atom. The molecule has 1 aliphatic rings. The summed E-state index contributed by atoms with van der Waals surface area (Å²) in [6.07, 6.45) is -2.58. The van der Waals surface area contributed by atoms with Crippen molar-refractivity contribution in [3.8, 4) is 0 Å². The number of aliphatic hydroxyl groups excluding tert-OH is 1. The smallest absolute Gasteiger partial charge is 0.395 e. The van der Waals surface area contributed by atoms with E-state index in [2.05, 4.69) is 0 Å². The number of nitrogens with zero attached hydrogens (tertiary/aromatic N) is 1. The van der Waals surface area contributed by atoms with E-state index in [1.807, 2.05) is 0 Å². The molecule has 0 saturated heterocycles. The molecule has 3 N–H and O–H groups in total. The molecule has 0 aliphatic heterocycles. The maximum Gasteiger partial charge on any atom is 0.415 e. The van der Waals surface area contributed by atoms with Crippen LogP contribution < -0.4 is 5.73 Å². The van der Waals surface area contributed by atoms with Gasteiger partial charge in [-0.3, -0.25) is 4.79 Å². The van der Waals surface area contributed by atoms with Crippen LogP contribution in [0.3, 0.4) is 0 Å². The summed E-state index contributed by atoms with van der Waals surface area (Å²) in [6, 6.07) is -0.222. The third-order valence-electron chi connectivity index (χ3n) is 3.15. The van der Waals surface area contributed by atoms with Crippen LogP contribution in [0, 0.1) is 0 Å². The van der Waals surface area contributed by atoms with Gasteiger partial charge >= 0.3 is 6.18 Å². The summed E-state index contributed by atoms with van der Waals surface area (Å²) in [7, 11) is 0. The van der Waals surface area contributed by atoms with Gasteiger partial charge in [-0.25, -0.2) is 0 Å². The Bertz CT molecular complexity index is 288. The SMILES string of the molecule is CC(N)(C(=O)N(CCO)C1CCC1)C(F)(F)F. The molecule has 0 bridgehead atoms. The molecule has 0 aromatic heterocycles. The second kappa shape index (κ2) is 4.81. The molecule has 0 spiro atoms. The average Bonchev–Trinajstić information content (AvgIpc) is 2.11. The molecule has 1 aliphatic carbocycles. The number of amides is 1. The van der Waals surface area contributed by atoms with Gasteiger partial charge in [-0.1, -0.05) is 0 Å². The van der Waals surface area contributed by atoms with E-state index in [0.717, 1.165) is 11.3 Å². The number of nitrogens with two attached hydrogens (primary N) is 1. The minimum atomic E-state index is -4.79. The molecule has 1 saturated carbocycles. The lowest BCUT2D eigenvalue weighted by molar-refractivity contribution is -0.196. The predicted octanol–water partition coefficient (Wildman–Crippen LogP) is 0.640. The average molecular weight is 254 g/mol. The van der Waals surface area contributed by atoms with Gasteiger partial charge in [0.1, 0.15) is 0 Å². The van der Waals surface area contributed by atoms with Gasteiger partial charge in [-0.05, 0) is 26.2 Å². The summed E-state index contributed by atoms with van der Waals surface area (Å²) in [4.78, 5) is 12.9. The lowest BCUT2D eigenvalue weighted by Crippen LogP contribution is -2.64. The lowest BCUT2D eigenvalue weighted by atomic mass is 9.89. The molecule has 0 aromatic rings. The monoisotopic (exact) mass is 254 g/mol. The fraction of sp³-hybridized carbons (Fsp3) is 0.900. The Balaban J connectivity index is 2.83. The normalized spacial score (nSPS) is 20.6. The number of hydrogen-bond acceptors (Lipinski definition) is 3. The molecule has 1 fully saturated rings. The van der Waals surface area contributed by atoms with Crippen molar-refractivity contribution in [3.63, 3.8) is 0 Å². The zero-order valence-corrected chi connectivity index (χ0v) is 9.63. The molecule has 0 aromatic carbocycles. The van der Waals surface area contributed by atoms with Gasteiger partial charge in [0.2, 0.25) is 0 Å². The largest absolute Gasteiger partial charge is 0.415 e. The molecule has 1 amide bonds. The summed E-state index contributed by atoms with van der Waals surface area (Å²) in [5.41, 5.74) is 2.20. The van der Waals surface area contributed by atoms with Crippen molar-refractivity contribution in [2.75, 3.05) is 13.2 Å². The van der Waals surface area contributed by atoms with Gasteiger partial charge in [0.25, 0.3) is 5.91 Å². The fourth-order valence-corrected chi connectivity index (χ4v) is 1.68. The number of carbonyl (C=O) groups is 1. The molecule has 1 atom stereocenters. The third-order valence-corrected chi connectivity index (χ3v) is 3.15. The minimum Gasteiger partial charge on any atom is -0.395 e. The highest BCUT2D eigenvalue weighted by Gasteiger charge is 2.56.